The lowest BCUT2D eigenvalue weighted by Gasteiger charge is -2.12. The van der Waals surface area contributed by atoms with Crippen LogP contribution in [0.2, 0.25) is 5.02 Å². The van der Waals surface area contributed by atoms with Gasteiger partial charge in [-0.3, -0.25) is 10.1 Å². The van der Waals surface area contributed by atoms with Crippen LogP contribution in [-0.2, 0) is 0 Å². The van der Waals surface area contributed by atoms with E-state index in [1.807, 2.05) is 30.3 Å². The Hall–Kier alpha value is -3.42. The molecule has 2 N–H and O–H groups in total. The molecule has 8 heteroatoms. The zero-order valence-electron chi connectivity index (χ0n) is 19.0. The van der Waals surface area contributed by atoms with Crippen LogP contribution >= 0.6 is 23.8 Å². The molecule has 174 valence electrons. The summed E-state index contributed by atoms with van der Waals surface area (Å²) in [5, 5.41) is 6.24. The van der Waals surface area contributed by atoms with E-state index in [1.54, 1.807) is 12.1 Å². The van der Waals surface area contributed by atoms with Crippen molar-refractivity contribution in [1.82, 2.24) is 10.3 Å². The standard InChI is InChI=1S/C26H24ClN3O3S/c1-4-15(2)16-8-10-23-21(13-16)29-25(33-23)17-6-5-7-19(12-17)28-26(34)30-24(31)20-14-18(27)9-11-22(20)32-3/h5-15H,4H2,1-3H3,(H2,28,30,31,34). The SMILES string of the molecule is CCC(C)c1ccc2oc(-c3cccc(NC(=S)NC(=O)c4cc(Cl)ccc4OC)c3)nc2c1. The van der Waals surface area contributed by atoms with Crippen molar-refractivity contribution in [3.05, 3.63) is 76.8 Å². The number of thiocarbonyl (C=S) groups is 1. The van der Waals surface area contributed by atoms with Crippen LogP contribution in [-0.4, -0.2) is 23.1 Å². The van der Waals surface area contributed by atoms with E-state index in [4.69, 9.17) is 33.0 Å². The molecule has 1 unspecified atom stereocenters. The number of rotatable bonds is 6. The minimum atomic E-state index is -0.427. The number of hydrogen-bond acceptors (Lipinski definition) is 5. The van der Waals surface area contributed by atoms with Crippen LogP contribution in [0.4, 0.5) is 5.69 Å². The smallest absolute Gasteiger partial charge is 0.261 e. The van der Waals surface area contributed by atoms with E-state index in [1.165, 1.54) is 18.7 Å². The highest BCUT2D eigenvalue weighted by molar-refractivity contribution is 7.80. The molecule has 4 rings (SSSR count). The van der Waals surface area contributed by atoms with Crippen molar-refractivity contribution in [3.8, 4) is 17.2 Å². The van der Waals surface area contributed by atoms with Crippen molar-refractivity contribution in [2.45, 2.75) is 26.2 Å². The van der Waals surface area contributed by atoms with Crippen molar-refractivity contribution in [2.75, 3.05) is 12.4 Å². The number of carbonyl (C=O) groups is 1. The van der Waals surface area contributed by atoms with E-state index in [0.29, 0.717) is 28.3 Å². The highest BCUT2D eigenvalue weighted by Gasteiger charge is 2.15. The average molecular weight is 494 g/mol. The fourth-order valence-corrected chi connectivity index (χ4v) is 3.91. The summed E-state index contributed by atoms with van der Waals surface area (Å²) in [5.74, 6) is 0.946. The molecule has 0 radical (unpaired) electrons. The van der Waals surface area contributed by atoms with E-state index in [-0.39, 0.29) is 10.7 Å². The predicted molar refractivity (Wildman–Crippen MR) is 140 cm³/mol. The van der Waals surface area contributed by atoms with Gasteiger partial charge in [-0.05, 0) is 78.7 Å². The number of anilines is 1. The molecule has 4 aromatic rings. The van der Waals surface area contributed by atoms with Gasteiger partial charge in [-0.15, -0.1) is 0 Å². The van der Waals surface area contributed by atoms with Crippen LogP contribution in [0.5, 0.6) is 5.75 Å². The largest absolute Gasteiger partial charge is 0.496 e. The van der Waals surface area contributed by atoms with Gasteiger partial charge in [0.05, 0.1) is 12.7 Å². The normalized spacial score (nSPS) is 11.8. The van der Waals surface area contributed by atoms with Crippen LogP contribution in [0, 0.1) is 0 Å². The summed E-state index contributed by atoms with van der Waals surface area (Å²) in [6, 6.07) is 18.4. The summed E-state index contributed by atoms with van der Waals surface area (Å²) in [6.07, 6.45) is 1.06. The average Bonchev–Trinajstić information content (AvgIpc) is 3.27. The van der Waals surface area contributed by atoms with Crippen LogP contribution in [0.25, 0.3) is 22.6 Å². The molecule has 1 amide bonds. The van der Waals surface area contributed by atoms with Crippen LogP contribution in [0.3, 0.4) is 0 Å². The first kappa shape index (κ1) is 23.7. The Labute approximate surface area is 208 Å². The van der Waals surface area contributed by atoms with Gasteiger partial charge in [0.15, 0.2) is 10.7 Å². The Morgan fingerprint density at radius 2 is 2.00 bits per heavy atom. The molecule has 6 nitrogen and oxygen atoms in total. The quantitative estimate of drug-likeness (QED) is 0.288. The van der Waals surface area contributed by atoms with E-state index in [9.17, 15) is 4.79 Å². The Balaban J connectivity index is 1.50. The Morgan fingerprint density at radius 1 is 1.18 bits per heavy atom. The Morgan fingerprint density at radius 3 is 2.76 bits per heavy atom. The molecule has 1 heterocycles. The Bertz CT molecular complexity index is 1370. The molecule has 0 spiro atoms. The number of carbonyl (C=O) groups excluding carboxylic acids is 1. The van der Waals surface area contributed by atoms with Crippen molar-refractivity contribution >= 4 is 51.6 Å². The van der Waals surface area contributed by atoms with Gasteiger partial charge in [0, 0.05) is 16.3 Å². The first-order valence-electron chi connectivity index (χ1n) is 10.8. The predicted octanol–water partition coefficient (Wildman–Crippen LogP) is 6.80. The molecule has 0 fully saturated rings. The zero-order chi connectivity index (χ0) is 24.2. The number of nitrogens with zero attached hydrogens (tertiary/aromatic N) is 1. The third-order valence-corrected chi connectivity index (χ3v) is 6.03. The highest BCUT2D eigenvalue weighted by atomic mass is 35.5. The summed E-state index contributed by atoms with van der Waals surface area (Å²) >= 11 is 11.4. The maximum atomic E-state index is 12.7. The number of hydrogen-bond donors (Lipinski definition) is 2. The number of nitrogens with one attached hydrogen (secondary N) is 2. The number of aromatic nitrogens is 1. The molecule has 0 bridgehead atoms. The zero-order valence-corrected chi connectivity index (χ0v) is 20.6. The summed E-state index contributed by atoms with van der Waals surface area (Å²) in [5.41, 5.74) is 4.56. The van der Waals surface area contributed by atoms with Gasteiger partial charge in [0.2, 0.25) is 5.89 Å². The topological polar surface area (TPSA) is 76.4 Å². The molecule has 0 saturated carbocycles. The molecule has 3 aromatic carbocycles. The van der Waals surface area contributed by atoms with Gasteiger partial charge in [-0.1, -0.05) is 37.6 Å². The lowest BCUT2D eigenvalue weighted by molar-refractivity contribution is 0.0975. The molecule has 34 heavy (non-hydrogen) atoms. The summed E-state index contributed by atoms with van der Waals surface area (Å²) in [7, 11) is 1.49. The van der Waals surface area contributed by atoms with Crippen molar-refractivity contribution in [1.29, 1.82) is 0 Å². The molecule has 0 aliphatic carbocycles. The third-order valence-electron chi connectivity index (χ3n) is 5.59. The number of fused-ring (bicyclic) bond motifs is 1. The van der Waals surface area contributed by atoms with E-state index < -0.39 is 5.91 Å². The molecular formula is C26H24ClN3O3S. The second kappa shape index (κ2) is 10.2. The number of oxazole rings is 1. The van der Waals surface area contributed by atoms with Gasteiger partial charge in [-0.2, -0.15) is 0 Å². The second-order valence-electron chi connectivity index (χ2n) is 7.89. The molecule has 0 aliphatic rings. The lowest BCUT2D eigenvalue weighted by Crippen LogP contribution is -2.34. The molecular weight excluding hydrogens is 470 g/mol. The monoisotopic (exact) mass is 493 g/mol. The molecule has 1 aromatic heterocycles. The first-order valence-corrected chi connectivity index (χ1v) is 11.6. The number of methoxy groups -OCH3 is 1. The number of amides is 1. The summed E-state index contributed by atoms with van der Waals surface area (Å²) < 4.78 is 11.2. The third kappa shape index (κ3) is 5.21. The molecule has 0 saturated heterocycles. The van der Waals surface area contributed by atoms with Gasteiger partial charge in [-0.25, -0.2) is 4.98 Å². The van der Waals surface area contributed by atoms with Crippen LogP contribution in [0.15, 0.2) is 65.1 Å². The summed E-state index contributed by atoms with van der Waals surface area (Å²) in [6.45, 7) is 4.36. The molecule has 0 aliphatic heterocycles. The van der Waals surface area contributed by atoms with Crippen molar-refractivity contribution in [2.24, 2.45) is 0 Å². The van der Waals surface area contributed by atoms with Crippen molar-refractivity contribution in [3.63, 3.8) is 0 Å². The number of ether oxygens (including phenoxy) is 1. The Kier molecular flexibility index (Phi) is 7.14. The number of halogens is 1. The van der Waals surface area contributed by atoms with Crippen molar-refractivity contribution < 1.29 is 13.9 Å². The van der Waals surface area contributed by atoms with Crippen LogP contribution in [0.1, 0.15) is 42.1 Å². The fourth-order valence-electron chi connectivity index (χ4n) is 3.53. The minimum absolute atomic E-state index is 0.139. The lowest BCUT2D eigenvalue weighted by atomic mass is 9.98. The van der Waals surface area contributed by atoms with E-state index in [0.717, 1.165) is 23.1 Å². The van der Waals surface area contributed by atoms with E-state index >= 15 is 0 Å². The first-order chi connectivity index (χ1) is 16.4. The van der Waals surface area contributed by atoms with E-state index in [2.05, 4.69) is 41.6 Å². The summed E-state index contributed by atoms with van der Waals surface area (Å²) in [4.78, 5) is 17.3. The highest BCUT2D eigenvalue weighted by Crippen LogP contribution is 2.29. The van der Waals surface area contributed by atoms with Gasteiger partial charge in [0.25, 0.3) is 5.91 Å². The number of benzene rings is 3. The van der Waals surface area contributed by atoms with Crippen LogP contribution < -0.4 is 15.4 Å². The minimum Gasteiger partial charge on any atom is -0.496 e. The fraction of sp³-hybridized carbons (Fsp3) is 0.192. The maximum Gasteiger partial charge on any atom is 0.261 e. The second-order valence-corrected chi connectivity index (χ2v) is 8.73. The van der Waals surface area contributed by atoms with Gasteiger partial charge < -0.3 is 14.5 Å². The van der Waals surface area contributed by atoms with Gasteiger partial charge in [0.1, 0.15) is 11.3 Å². The van der Waals surface area contributed by atoms with Gasteiger partial charge >= 0.3 is 0 Å². The maximum absolute atomic E-state index is 12.7. The molecule has 1 atom stereocenters.